The Morgan fingerprint density at radius 2 is 1.85 bits per heavy atom. The molecule has 12 heteroatoms. The average Bonchev–Trinajstić information content (AvgIpc) is 3.32. The van der Waals surface area contributed by atoms with Crippen LogP contribution in [0, 0.1) is 6.57 Å². The maximum atomic E-state index is 7.13. The Morgan fingerprint density at radius 1 is 1.12 bits per heavy atom. The molecule has 0 saturated carbocycles. The molecule has 2 atom stereocenters. The van der Waals surface area contributed by atoms with Crippen LogP contribution in [0.25, 0.3) is 16.0 Å². The highest BCUT2D eigenvalue weighted by atomic mass is 31.2. The van der Waals surface area contributed by atoms with E-state index in [2.05, 4.69) is 59.1 Å². The van der Waals surface area contributed by atoms with Crippen molar-refractivity contribution in [3.05, 3.63) is 53.6 Å². The van der Waals surface area contributed by atoms with Gasteiger partial charge in [0.2, 0.25) is 12.4 Å². The van der Waals surface area contributed by atoms with Crippen LogP contribution < -0.4 is 4.74 Å². The van der Waals surface area contributed by atoms with Gasteiger partial charge in [0, 0.05) is 26.2 Å². The second-order valence-electron chi connectivity index (χ2n) is 10.0. The molecule has 0 aliphatic carbocycles. The monoisotopic (exact) mass is 568 g/mol. The van der Waals surface area contributed by atoms with E-state index in [1.165, 1.54) is 0 Å². The van der Waals surface area contributed by atoms with Crippen LogP contribution >= 0.6 is 8.53 Å². The Morgan fingerprint density at radius 3 is 2.48 bits per heavy atom. The van der Waals surface area contributed by atoms with Crippen molar-refractivity contribution in [3.63, 3.8) is 0 Å². The number of rotatable bonds is 16. The van der Waals surface area contributed by atoms with Crippen LogP contribution in [0.2, 0.25) is 0 Å². The molecule has 1 aromatic carbocycles. The first-order chi connectivity index (χ1) is 19.2. The molecule has 0 aliphatic rings. The van der Waals surface area contributed by atoms with Crippen LogP contribution in [-0.2, 0) is 22.2 Å². The van der Waals surface area contributed by atoms with Gasteiger partial charge in [-0.05, 0) is 39.7 Å². The SMILES string of the molecule is [C-]#[N+]CCOP(O[C@H](CC)Cn1cnc2c(OCc3ccccc3)nc(N=CN(C)C)nc21)N(C(C)C)C(C)C. The molecule has 0 spiro atoms. The van der Waals surface area contributed by atoms with Gasteiger partial charge >= 0.3 is 0 Å². The molecule has 0 radical (unpaired) electrons. The second kappa shape index (κ2) is 15.6. The van der Waals surface area contributed by atoms with Gasteiger partial charge in [-0.15, -0.1) is 0 Å². The maximum absolute atomic E-state index is 7.13. The largest absolute Gasteiger partial charge is 0.471 e. The van der Waals surface area contributed by atoms with Gasteiger partial charge in [-0.3, -0.25) is 0 Å². The summed E-state index contributed by atoms with van der Waals surface area (Å²) >= 11 is 0. The summed E-state index contributed by atoms with van der Waals surface area (Å²) in [5.41, 5.74) is 2.21. The van der Waals surface area contributed by atoms with Gasteiger partial charge in [-0.25, -0.2) is 21.2 Å². The fraction of sp³-hybridized carbons (Fsp3) is 0.536. The number of benzene rings is 1. The quantitative estimate of drug-likeness (QED) is 0.0714. The number of nitrogens with zero attached hydrogens (tertiary/aromatic N) is 8. The third-order valence-corrected chi connectivity index (χ3v) is 7.97. The maximum Gasteiger partial charge on any atom is 0.259 e. The molecule has 0 bridgehead atoms. The molecule has 0 fully saturated rings. The van der Waals surface area contributed by atoms with Gasteiger partial charge in [-0.1, -0.05) is 37.3 Å². The summed E-state index contributed by atoms with van der Waals surface area (Å²) in [4.78, 5) is 23.5. The average molecular weight is 569 g/mol. The summed E-state index contributed by atoms with van der Waals surface area (Å²) in [5, 5.41) is 0. The van der Waals surface area contributed by atoms with Crippen molar-refractivity contribution in [2.24, 2.45) is 4.99 Å². The van der Waals surface area contributed by atoms with Crippen LogP contribution in [0.5, 0.6) is 5.88 Å². The zero-order valence-corrected chi connectivity index (χ0v) is 25.5. The second-order valence-corrected chi connectivity index (χ2v) is 11.4. The highest BCUT2D eigenvalue weighted by Crippen LogP contribution is 2.47. The lowest BCUT2D eigenvalue weighted by Crippen LogP contribution is -2.35. The standard InChI is InChI=1S/C28H41N8O3P/c1-9-24(39-40(38-16-15-29-6)36(21(2)3)22(4)5)17-35-20-30-25-26(35)32-28(31-19-34(7)8)33-27(25)37-18-23-13-11-10-12-14-23/h10-14,19-22,24H,9,15-18H2,1-5,7-8H3/t24-,40?/m1/s1. The molecule has 0 aliphatic heterocycles. The van der Waals surface area contributed by atoms with E-state index in [0.717, 1.165) is 12.0 Å². The number of imidazole rings is 1. The minimum Gasteiger partial charge on any atom is -0.471 e. The lowest BCUT2D eigenvalue weighted by atomic mass is 10.2. The van der Waals surface area contributed by atoms with Crippen LogP contribution in [-0.4, -0.2) is 80.9 Å². The van der Waals surface area contributed by atoms with E-state index in [0.29, 0.717) is 43.3 Å². The van der Waals surface area contributed by atoms with Gasteiger partial charge in [-0.2, -0.15) is 9.97 Å². The van der Waals surface area contributed by atoms with Crippen LogP contribution in [0.3, 0.4) is 0 Å². The number of hydrogen-bond acceptors (Lipinski definition) is 8. The fourth-order valence-corrected chi connectivity index (χ4v) is 5.73. The summed E-state index contributed by atoms with van der Waals surface area (Å²) in [6.07, 6.45) is 3.98. The summed E-state index contributed by atoms with van der Waals surface area (Å²) in [6, 6.07) is 10.4. The Kier molecular flexibility index (Phi) is 12.2. The molecule has 11 nitrogen and oxygen atoms in total. The van der Waals surface area contributed by atoms with E-state index in [1.54, 1.807) is 12.7 Å². The topological polar surface area (TPSA) is 94.5 Å². The normalized spacial score (nSPS) is 13.4. The molecule has 1 unspecified atom stereocenters. The third kappa shape index (κ3) is 8.93. The van der Waals surface area contributed by atoms with Gasteiger partial charge < -0.3 is 28.1 Å². The zero-order valence-electron chi connectivity index (χ0n) is 24.6. The molecular weight excluding hydrogens is 527 g/mol. The van der Waals surface area contributed by atoms with Crippen molar-refractivity contribution >= 4 is 32.0 Å². The Hall–Kier alpha value is -3.16. The summed E-state index contributed by atoms with van der Waals surface area (Å²) < 4.78 is 23.0. The Balaban J connectivity index is 1.90. The predicted octanol–water partition coefficient (Wildman–Crippen LogP) is 5.70. The number of aliphatic imine (C=N–C) groups is 1. The highest BCUT2D eigenvalue weighted by molar-refractivity contribution is 7.44. The lowest BCUT2D eigenvalue weighted by Gasteiger charge is -2.37. The number of hydrogen-bond donors (Lipinski definition) is 0. The molecule has 40 heavy (non-hydrogen) atoms. The zero-order chi connectivity index (χ0) is 29.1. The summed E-state index contributed by atoms with van der Waals surface area (Å²) in [6.45, 7) is 19.2. The first-order valence-corrected chi connectivity index (χ1v) is 14.7. The Labute approximate surface area is 239 Å². The minimum atomic E-state index is -1.37. The predicted molar refractivity (Wildman–Crippen MR) is 160 cm³/mol. The smallest absolute Gasteiger partial charge is 0.259 e. The van der Waals surface area contributed by atoms with Gasteiger partial charge in [0.05, 0.1) is 25.3 Å². The van der Waals surface area contributed by atoms with E-state index in [1.807, 2.05) is 53.9 Å². The number of fused-ring (bicyclic) bond motifs is 1. The Bertz CT molecular complexity index is 1250. The highest BCUT2D eigenvalue weighted by Gasteiger charge is 2.30. The first kappa shape index (κ1) is 31.4. The molecule has 0 amide bonds. The molecule has 216 valence electrons. The minimum absolute atomic E-state index is 0.172. The van der Waals surface area contributed by atoms with E-state index in [9.17, 15) is 0 Å². The molecular formula is C28H41N8O3P. The number of aromatic nitrogens is 4. The molecule has 2 heterocycles. The van der Waals surface area contributed by atoms with E-state index >= 15 is 0 Å². The van der Waals surface area contributed by atoms with Gasteiger partial charge in [0.1, 0.15) is 13.2 Å². The summed E-state index contributed by atoms with van der Waals surface area (Å²) in [5.74, 6) is 0.665. The van der Waals surface area contributed by atoms with Gasteiger partial charge in [0.15, 0.2) is 11.2 Å². The van der Waals surface area contributed by atoms with Crippen molar-refractivity contribution < 1.29 is 13.8 Å². The lowest BCUT2D eigenvalue weighted by molar-refractivity contribution is 0.120. The molecule has 2 aromatic heterocycles. The van der Waals surface area contributed by atoms with Crippen molar-refractivity contribution in [3.8, 4) is 5.88 Å². The van der Waals surface area contributed by atoms with E-state index in [4.69, 9.17) is 25.3 Å². The van der Waals surface area contributed by atoms with Crippen molar-refractivity contribution in [2.75, 3.05) is 27.2 Å². The van der Waals surface area contributed by atoms with Crippen molar-refractivity contribution in [1.29, 1.82) is 0 Å². The fourth-order valence-electron chi connectivity index (χ4n) is 3.97. The van der Waals surface area contributed by atoms with Crippen LogP contribution in [0.1, 0.15) is 46.6 Å². The first-order valence-electron chi connectivity index (χ1n) is 13.5. The summed E-state index contributed by atoms with van der Waals surface area (Å²) in [7, 11) is 2.40. The molecule has 3 aromatic rings. The third-order valence-electron chi connectivity index (χ3n) is 5.79. The van der Waals surface area contributed by atoms with Crippen LogP contribution in [0.15, 0.2) is 41.7 Å². The molecule has 0 saturated heterocycles. The van der Waals surface area contributed by atoms with Crippen LogP contribution in [0.4, 0.5) is 5.95 Å². The van der Waals surface area contributed by atoms with Gasteiger partial charge in [0.25, 0.3) is 14.5 Å². The number of ether oxygens (including phenoxy) is 1. The molecule has 3 rings (SSSR count). The molecule has 0 N–H and O–H groups in total. The van der Waals surface area contributed by atoms with E-state index < -0.39 is 8.53 Å². The van der Waals surface area contributed by atoms with E-state index in [-0.39, 0.29) is 24.1 Å². The van der Waals surface area contributed by atoms with Crippen molar-refractivity contribution in [2.45, 2.75) is 72.4 Å². The van der Waals surface area contributed by atoms with Crippen molar-refractivity contribution in [1.82, 2.24) is 29.1 Å².